The minimum Gasteiger partial charge on any atom is -0.377 e. The van der Waals surface area contributed by atoms with Crippen molar-refractivity contribution in [1.82, 2.24) is 14.9 Å². The third-order valence-corrected chi connectivity index (χ3v) is 5.99. The number of aryl methyl sites for hydroxylation is 1. The van der Waals surface area contributed by atoms with Crippen molar-refractivity contribution in [2.75, 3.05) is 44.8 Å². The molecule has 1 N–H and O–H groups in total. The van der Waals surface area contributed by atoms with Crippen molar-refractivity contribution < 1.29 is 9.47 Å². The molecule has 2 saturated heterocycles. The fraction of sp³-hybridized carbons (Fsp3) is 0.579. The summed E-state index contributed by atoms with van der Waals surface area (Å²) in [5.74, 6) is 1.13. The molecule has 2 aromatic rings. The maximum absolute atomic E-state index is 6.29. The van der Waals surface area contributed by atoms with Gasteiger partial charge in [-0.15, -0.1) is 11.3 Å². The Morgan fingerprint density at radius 3 is 3.04 bits per heavy atom. The monoisotopic (exact) mass is 374 g/mol. The first-order valence-electron chi connectivity index (χ1n) is 9.21. The normalized spacial score (nSPS) is 26.9. The molecule has 6 nitrogen and oxygen atoms in total. The minimum atomic E-state index is -0.188. The van der Waals surface area contributed by atoms with E-state index in [-0.39, 0.29) is 5.60 Å². The number of nitrogens with one attached hydrogen (secondary N) is 1. The lowest BCUT2D eigenvalue weighted by molar-refractivity contribution is -0.0561. The van der Waals surface area contributed by atoms with Crippen LogP contribution >= 0.6 is 11.3 Å². The number of aromatic nitrogens is 2. The van der Waals surface area contributed by atoms with Gasteiger partial charge in [-0.3, -0.25) is 4.90 Å². The van der Waals surface area contributed by atoms with Crippen LogP contribution in [0.25, 0.3) is 0 Å². The van der Waals surface area contributed by atoms with Gasteiger partial charge in [-0.2, -0.15) is 0 Å². The molecule has 2 aromatic heterocycles. The SMILES string of the molecule is Cc1ccc(CN2CCOC[C@]3(C[C@@H](CNc4ncccn4)CO3)C2)s1. The highest BCUT2D eigenvalue weighted by Crippen LogP contribution is 2.33. The van der Waals surface area contributed by atoms with Crippen molar-refractivity contribution in [2.24, 2.45) is 5.92 Å². The average molecular weight is 375 g/mol. The van der Waals surface area contributed by atoms with E-state index in [0.717, 1.165) is 45.8 Å². The minimum absolute atomic E-state index is 0.188. The lowest BCUT2D eigenvalue weighted by atomic mass is 9.94. The number of rotatable bonds is 5. The summed E-state index contributed by atoms with van der Waals surface area (Å²) in [5, 5.41) is 3.32. The summed E-state index contributed by atoms with van der Waals surface area (Å²) in [7, 11) is 0. The van der Waals surface area contributed by atoms with Crippen LogP contribution in [-0.2, 0) is 16.0 Å². The molecule has 7 heteroatoms. The predicted octanol–water partition coefficient (Wildman–Crippen LogP) is 2.57. The van der Waals surface area contributed by atoms with E-state index in [4.69, 9.17) is 9.47 Å². The summed E-state index contributed by atoms with van der Waals surface area (Å²) in [6.45, 7) is 8.08. The third-order valence-electron chi connectivity index (χ3n) is 5.00. The Hall–Kier alpha value is -1.54. The first kappa shape index (κ1) is 17.9. The molecule has 0 saturated carbocycles. The number of thiophene rings is 1. The topological polar surface area (TPSA) is 59.5 Å². The second kappa shape index (κ2) is 8.00. The Balaban J connectivity index is 1.34. The second-order valence-electron chi connectivity index (χ2n) is 7.29. The van der Waals surface area contributed by atoms with Crippen LogP contribution in [0.2, 0.25) is 0 Å². The molecule has 140 valence electrons. The zero-order valence-electron chi connectivity index (χ0n) is 15.2. The summed E-state index contributed by atoms with van der Waals surface area (Å²) in [4.78, 5) is 13.7. The standard InChI is InChI=1S/C19H26N4O2S/c1-15-3-4-17(26-15)11-23-7-8-24-14-19(13-23)9-16(12-25-19)10-22-18-20-5-2-6-21-18/h2-6,16H,7-14H2,1H3,(H,20,21,22)/t16-,19-/m0/s1. The average Bonchev–Trinajstić information content (AvgIpc) is 3.18. The maximum Gasteiger partial charge on any atom is 0.222 e. The smallest absolute Gasteiger partial charge is 0.222 e. The van der Waals surface area contributed by atoms with Crippen LogP contribution in [0.5, 0.6) is 0 Å². The Morgan fingerprint density at radius 2 is 2.23 bits per heavy atom. The number of hydrogen-bond acceptors (Lipinski definition) is 7. The Bertz CT molecular complexity index is 711. The predicted molar refractivity (Wildman–Crippen MR) is 102 cm³/mol. The van der Waals surface area contributed by atoms with E-state index in [0.29, 0.717) is 18.5 Å². The van der Waals surface area contributed by atoms with Crippen LogP contribution in [-0.4, -0.2) is 59.9 Å². The molecule has 26 heavy (non-hydrogen) atoms. The zero-order valence-corrected chi connectivity index (χ0v) is 16.0. The van der Waals surface area contributed by atoms with E-state index < -0.39 is 0 Å². The number of hydrogen-bond donors (Lipinski definition) is 1. The summed E-state index contributed by atoms with van der Waals surface area (Å²) in [6, 6.07) is 6.26. The van der Waals surface area contributed by atoms with Crippen molar-refractivity contribution in [3.63, 3.8) is 0 Å². The van der Waals surface area contributed by atoms with Gasteiger partial charge in [0, 0.05) is 54.2 Å². The molecule has 4 rings (SSSR count). The highest BCUT2D eigenvalue weighted by atomic mass is 32.1. The van der Waals surface area contributed by atoms with Crippen LogP contribution in [0.1, 0.15) is 16.2 Å². The molecule has 0 aromatic carbocycles. The van der Waals surface area contributed by atoms with Crippen LogP contribution < -0.4 is 5.32 Å². The molecule has 4 heterocycles. The molecule has 0 aliphatic carbocycles. The highest BCUT2D eigenvalue weighted by molar-refractivity contribution is 7.11. The molecule has 2 aliphatic rings. The largest absolute Gasteiger partial charge is 0.377 e. The van der Waals surface area contributed by atoms with E-state index in [2.05, 4.69) is 39.2 Å². The summed E-state index contributed by atoms with van der Waals surface area (Å²) >= 11 is 1.88. The van der Waals surface area contributed by atoms with Crippen LogP contribution in [0.15, 0.2) is 30.6 Å². The van der Waals surface area contributed by atoms with Gasteiger partial charge >= 0.3 is 0 Å². The van der Waals surface area contributed by atoms with Crippen LogP contribution in [0.3, 0.4) is 0 Å². The zero-order chi connectivity index (χ0) is 17.8. The van der Waals surface area contributed by atoms with E-state index in [1.807, 2.05) is 17.4 Å². The molecule has 1 spiro atoms. The lowest BCUT2D eigenvalue weighted by Gasteiger charge is -2.31. The number of nitrogens with zero attached hydrogens (tertiary/aromatic N) is 3. The summed E-state index contributed by atoms with van der Waals surface area (Å²) < 4.78 is 12.2. The van der Waals surface area contributed by atoms with E-state index in [1.165, 1.54) is 9.75 Å². The van der Waals surface area contributed by atoms with Gasteiger partial charge in [0.2, 0.25) is 5.95 Å². The Labute approximate surface area is 158 Å². The number of ether oxygens (including phenoxy) is 2. The van der Waals surface area contributed by atoms with Gasteiger partial charge in [-0.05, 0) is 31.5 Å². The third kappa shape index (κ3) is 4.40. The van der Waals surface area contributed by atoms with E-state index in [9.17, 15) is 0 Å². The second-order valence-corrected chi connectivity index (χ2v) is 8.67. The molecule has 2 atom stereocenters. The van der Waals surface area contributed by atoms with Crippen LogP contribution in [0, 0.1) is 12.8 Å². The Kier molecular flexibility index (Phi) is 5.49. The van der Waals surface area contributed by atoms with E-state index >= 15 is 0 Å². The molecule has 0 radical (unpaired) electrons. The fourth-order valence-corrected chi connectivity index (χ4v) is 4.75. The first-order chi connectivity index (χ1) is 12.7. The molecule has 2 fully saturated rings. The summed E-state index contributed by atoms with van der Waals surface area (Å²) in [6.07, 6.45) is 4.52. The number of anilines is 1. The molecular weight excluding hydrogens is 348 g/mol. The Morgan fingerprint density at radius 1 is 1.35 bits per heavy atom. The quantitative estimate of drug-likeness (QED) is 0.868. The molecule has 0 unspecified atom stereocenters. The van der Waals surface area contributed by atoms with Crippen molar-refractivity contribution in [1.29, 1.82) is 0 Å². The molecule has 2 aliphatic heterocycles. The van der Waals surface area contributed by atoms with Gasteiger partial charge in [0.15, 0.2) is 0 Å². The van der Waals surface area contributed by atoms with Gasteiger partial charge in [0.05, 0.1) is 19.8 Å². The molecule has 0 amide bonds. The van der Waals surface area contributed by atoms with Gasteiger partial charge in [-0.25, -0.2) is 9.97 Å². The van der Waals surface area contributed by atoms with Gasteiger partial charge < -0.3 is 14.8 Å². The lowest BCUT2D eigenvalue weighted by Crippen LogP contribution is -2.43. The molecule has 0 bridgehead atoms. The van der Waals surface area contributed by atoms with E-state index in [1.54, 1.807) is 12.4 Å². The van der Waals surface area contributed by atoms with Crippen molar-refractivity contribution in [3.8, 4) is 0 Å². The first-order valence-corrected chi connectivity index (χ1v) is 10.0. The van der Waals surface area contributed by atoms with Crippen molar-refractivity contribution in [3.05, 3.63) is 40.3 Å². The summed E-state index contributed by atoms with van der Waals surface area (Å²) in [5.41, 5.74) is -0.188. The highest BCUT2D eigenvalue weighted by Gasteiger charge is 2.43. The van der Waals surface area contributed by atoms with Crippen molar-refractivity contribution >= 4 is 17.3 Å². The maximum atomic E-state index is 6.29. The van der Waals surface area contributed by atoms with Crippen molar-refractivity contribution in [2.45, 2.75) is 25.5 Å². The van der Waals surface area contributed by atoms with Gasteiger partial charge in [0.1, 0.15) is 5.60 Å². The van der Waals surface area contributed by atoms with Gasteiger partial charge in [0.25, 0.3) is 0 Å². The van der Waals surface area contributed by atoms with Gasteiger partial charge in [-0.1, -0.05) is 0 Å². The van der Waals surface area contributed by atoms with Crippen LogP contribution in [0.4, 0.5) is 5.95 Å². The molecular formula is C19H26N4O2S. The fourth-order valence-electron chi connectivity index (χ4n) is 3.82.